The number of hydrogen-bond acceptors (Lipinski definition) is 4. The van der Waals surface area contributed by atoms with Crippen molar-refractivity contribution in [1.29, 1.82) is 0 Å². The molecule has 6 heteroatoms. The molecule has 1 amide bonds. The van der Waals surface area contributed by atoms with E-state index in [1.54, 1.807) is 0 Å². The van der Waals surface area contributed by atoms with Crippen molar-refractivity contribution >= 4 is 11.9 Å². The van der Waals surface area contributed by atoms with Gasteiger partial charge in [0.2, 0.25) is 5.91 Å². The molecule has 23 heavy (non-hydrogen) atoms. The first kappa shape index (κ1) is 21.9. The van der Waals surface area contributed by atoms with E-state index in [9.17, 15) is 9.59 Å². The Morgan fingerprint density at radius 2 is 1.87 bits per heavy atom. The monoisotopic (exact) mass is 331 g/mol. The summed E-state index contributed by atoms with van der Waals surface area (Å²) in [5, 5.41) is 11.3. The van der Waals surface area contributed by atoms with Crippen LogP contribution in [0.1, 0.15) is 60.3 Å². The molecule has 0 spiro atoms. The Balaban J connectivity index is 3.86. The Bertz CT molecular complexity index is 357. The first-order valence-corrected chi connectivity index (χ1v) is 8.40. The number of rotatable bonds is 13. The minimum Gasteiger partial charge on any atom is -0.480 e. The summed E-state index contributed by atoms with van der Waals surface area (Å²) in [5.41, 5.74) is -0.0701. The SMILES string of the molecule is CCCC(C)(C)OCCCC(C)C(C)NC(=O)COCC(=O)O. The molecule has 0 aromatic carbocycles. The van der Waals surface area contributed by atoms with Gasteiger partial charge < -0.3 is 19.9 Å². The third kappa shape index (κ3) is 12.0. The molecule has 0 radical (unpaired) electrons. The lowest BCUT2D eigenvalue weighted by Crippen LogP contribution is -2.39. The smallest absolute Gasteiger partial charge is 0.329 e. The third-order valence-corrected chi connectivity index (χ3v) is 3.85. The fourth-order valence-electron chi connectivity index (χ4n) is 2.35. The van der Waals surface area contributed by atoms with Gasteiger partial charge in [0, 0.05) is 12.6 Å². The number of nitrogens with one attached hydrogen (secondary N) is 1. The molecule has 0 aromatic rings. The molecule has 0 saturated carbocycles. The summed E-state index contributed by atoms with van der Waals surface area (Å²) in [5.74, 6) is -1.05. The zero-order valence-electron chi connectivity index (χ0n) is 15.2. The Morgan fingerprint density at radius 3 is 2.43 bits per heavy atom. The second kappa shape index (κ2) is 11.4. The molecule has 0 aliphatic rings. The highest BCUT2D eigenvalue weighted by Crippen LogP contribution is 2.18. The summed E-state index contributed by atoms with van der Waals surface area (Å²) in [4.78, 5) is 21.9. The molecule has 0 saturated heterocycles. The average Bonchev–Trinajstić information content (AvgIpc) is 2.42. The van der Waals surface area contributed by atoms with Crippen LogP contribution in [0.3, 0.4) is 0 Å². The number of hydrogen-bond donors (Lipinski definition) is 2. The highest BCUT2D eigenvalue weighted by Gasteiger charge is 2.18. The third-order valence-electron chi connectivity index (χ3n) is 3.85. The highest BCUT2D eigenvalue weighted by atomic mass is 16.5. The molecule has 136 valence electrons. The van der Waals surface area contributed by atoms with Crippen molar-refractivity contribution < 1.29 is 24.2 Å². The van der Waals surface area contributed by atoms with Crippen LogP contribution in [-0.2, 0) is 19.1 Å². The van der Waals surface area contributed by atoms with Gasteiger partial charge in [0.05, 0.1) is 5.60 Å². The summed E-state index contributed by atoms with van der Waals surface area (Å²) in [6.45, 7) is 10.4. The standard InChI is InChI=1S/C17H33NO5/c1-6-9-17(4,5)23-10-7-8-13(2)14(3)18-15(19)11-22-12-16(20)21/h13-14H,6-12H2,1-5H3,(H,18,19)(H,20,21). The van der Waals surface area contributed by atoms with Crippen LogP contribution in [0, 0.1) is 5.92 Å². The van der Waals surface area contributed by atoms with Crippen LogP contribution in [-0.4, -0.2) is 48.4 Å². The van der Waals surface area contributed by atoms with E-state index in [-0.39, 0.29) is 24.2 Å². The van der Waals surface area contributed by atoms with Gasteiger partial charge in [-0.25, -0.2) is 4.79 Å². The number of amides is 1. The molecule has 0 rings (SSSR count). The molecule has 6 nitrogen and oxygen atoms in total. The Kier molecular flexibility index (Phi) is 10.8. The van der Waals surface area contributed by atoms with E-state index in [4.69, 9.17) is 14.6 Å². The molecule has 0 aliphatic heterocycles. The lowest BCUT2D eigenvalue weighted by Gasteiger charge is -2.26. The topological polar surface area (TPSA) is 84.9 Å². The second-order valence-electron chi connectivity index (χ2n) is 6.72. The van der Waals surface area contributed by atoms with Crippen molar-refractivity contribution in [3.8, 4) is 0 Å². The number of aliphatic carboxylic acids is 1. The number of carbonyl (C=O) groups is 2. The van der Waals surface area contributed by atoms with Crippen LogP contribution in [0.4, 0.5) is 0 Å². The molecule has 2 unspecified atom stereocenters. The molecule has 0 heterocycles. The van der Waals surface area contributed by atoms with Crippen molar-refractivity contribution in [3.63, 3.8) is 0 Å². The number of ether oxygens (including phenoxy) is 2. The molecular formula is C17H33NO5. The maximum atomic E-state index is 11.6. The van der Waals surface area contributed by atoms with Crippen LogP contribution < -0.4 is 5.32 Å². The van der Waals surface area contributed by atoms with Gasteiger partial charge in [-0.2, -0.15) is 0 Å². The largest absolute Gasteiger partial charge is 0.480 e. The van der Waals surface area contributed by atoms with Crippen LogP contribution >= 0.6 is 0 Å². The zero-order valence-corrected chi connectivity index (χ0v) is 15.2. The van der Waals surface area contributed by atoms with Gasteiger partial charge >= 0.3 is 5.97 Å². The van der Waals surface area contributed by atoms with Gasteiger partial charge in [-0.1, -0.05) is 20.3 Å². The summed E-state index contributed by atoms with van der Waals surface area (Å²) in [7, 11) is 0. The maximum Gasteiger partial charge on any atom is 0.329 e. The molecule has 0 bridgehead atoms. The van der Waals surface area contributed by atoms with Gasteiger partial charge in [-0.15, -0.1) is 0 Å². The number of carbonyl (C=O) groups excluding carboxylic acids is 1. The van der Waals surface area contributed by atoms with Crippen molar-refractivity contribution in [2.45, 2.75) is 71.9 Å². The Labute approximate surface area is 139 Å². The minimum absolute atomic E-state index is 0.0135. The first-order chi connectivity index (χ1) is 10.7. The van der Waals surface area contributed by atoms with Crippen LogP contribution in [0.2, 0.25) is 0 Å². The summed E-state index contributed by atoms with van der Waals surface area (Å²) in [6.07, 6.45) is 4.06. The van der Waals surface area contributed by atoms with E-state index in [2.05, 4.69) is 33.0 Å². The van der Waals surface area contributed by atoms with Crippen molar-refractivity contribution in [2.75, 3.05) is 19.8 Å². The van der Waals surface area contributed by atoms with Gasteiger partial charge in [0.1, 0.15) is 13.2 Å². The van der Waals surface area contributed by atoms with E-state index in [0.717, 1.165) is 32.3 Å². The second-order valence-corrected chi connectivity index (χ2v) is 6.72. The van der Waals surface area contributed by atoms with E-state index in [1.807, 2.05) is 6.92 Å². The van der Waals surface area contributed by atoms with Gasteiger partial charge in [0.25, 0.3) is 0 Å². The van der Waals surface area contributed by atoms with E-state index >= 15 is 0 Å². The van der Waals surface area contributed by atoms with Crippen molar-refractivity contribution in [2.24, 2.45) is 5.92 Å². The summed E-state index contributed by atoms with van der Waals surface area (Å²) in [6, 6.07) is 0.0135. The van der Waals surface area contributed by atoms with E-state index in [0.29, 0.717) is 5.92 Å². The van der Waals surface area contributed by atoms with E-state index < -0.39 is 12.6 Å². The van der Waals surface area contributed by atoms with Gasteiger partial charge in [0.15, 0.2) is 0 Å². The molecule has 2 atom stereocenters. The van der Waals surface area contributed by atoms with Crippen LogP contribution in [0.25, 0.3) is 0 Å². The van der Waals surface area contributed by atoms with E-state index in [1.165, 1.54) is 0 Å². The lowest BCUT2D eigenvalue weighted by molar-refractivity contribution is -0.143. The predicted molar refractivity (Wildman–Crippen MR) is 89.4 cm³/mol. The number of carboxylic acid groups (broad SMARTS) is 1. The minimum atomic E-state index is -1.08. The first-order valence-electron chi connectivity index (χ1n) is 8.40. The fraction of sp³-hybridized carbons (Fsp3) is 0.882. The Hall–Kier alpha value is -1.14. The summed E-state index contributed by atoms with van der Waals surface area (Å²) >= 11 is 0. The molecule has 2 N–H and O–H groups in total. The average molecular weight is 331 g/mol. The zero-order chi connectivity index (χ0) is 17.9. The Morgan fingerprint density at radius 1 is 1.22 bits per heavy atom. The lowest BCUT2D eigenvalue weighted by atomic mass is 9.98. The van der Waals surface area contributed by atoms with Crippen molar-refractivity contribution in [3.05, 3.63) is 0 Å². The quantitative estimate of drug-likeness (QED) is 0.507. The van der Waals surface area contributed by atoms with Crippen LogP contribution in [0.5, 0.6) is 0 Å². The van der Waals surface area contributed by atoms with Crippen LogP contribution in [0.15, 0.2) is 0 Å². The molecule has 0 aliphatic carbocycles. The van der Waals surface area contributed by atoms with Crippen molar-refractivity contribution in [1.82, 2.24) is 5.32 Å². The molecular weight excluding hydrogens is 298 g/mol. The predicted octanol–water partition coefficient (Wildman–Crippen LogP) is 2.60. The molecule has 0 fully saturated rings. The highest BCUT2D eigenvalue weighted by molar-refractivity contribution is 5.78. The maximum absolute atomic E-state index is 11.6. The normalized spacial score (nSPS) is 14.3. The van der Waals surface area contributed by atoms with Gasteiger partial charge in [-0.05, 0) is 46.0 Å². The summed E-state index contributed by atoms with van der Waals surface area (Å²) < 4.78 is 10.7. The molecule has 0 aromatic heterocycles. The number of carboxylic acids is 1. The van der Waals surface area contributed by atoms with Gasteiger partial charge in [-0.3, -0.25) is 4.79 Å². The fourth-order valence-corrected chi connectivity index (χ4v) is 2.35.